The van der Waals surface area contributed by atoms with E-state index in [1.807, 2.05) is 36.4 Å². The summed E-state index contributed by atoms with van der Waals surface area (Å²) in [5.74, 6) is 0.366. The fraction of sp³-hybridized carbons (Fsp3) is 0.0800. The van der Waals surface area contributed by atoms with E-state index < -0.39 is 5.91 Å². The first-order chi connectivity index (χ1) is 16.1. The number of aromatic amines is 1. The number of amides is 1. The van der Waals surface area contributed by atoms with Gasteiger partial charge in [-0.25, -0.2) is 9.82 Å². The zero-order valence-corrected chi connectivity index (χ0v) is 17.8. The molecule has 3 aromatic carbocycles. The topological polar surface area (TPSA) is 88.6 Å². The summed E-state index contributed by atoms with van der Waals surface area (Å²) < 4.78 is 24.3. The van der Waals surface area contributed by atoms with Gasteiger partial charge in [0.2, 0.25) is 0 Å². The summed E-state index contributed by atoms with van der Waals surface area (Å²) in [6.45, 7) is 0.418. The zero-order chi connectivity index (χ0) is 23.0. The maximum absolute atomic E-state index is 12.9. The Morgan fingerprint density at radius 1 is 1.06 bits per heavy atom. The van der Waals surface area contributed by atoms with Gasteiger partial charge in [0.25, 0.3) is 5.91 Å². The van der Waals surface area contributed by atoms with E-state index in [4.69, 9.17) is 9.47 Å². The maximum atomic E-state index is 12.9. The number of hydrazone groups is 1. The van der Waals surface area contributed by atoms with Crippen LogP contribution >= 0.6 is 0 Å². The van der Waals surface area contributed by atoms with Gasteiger partial charge >= 0.3 is 0 Å². The van der Waals surface area contributed by atoms with Gasteiger partial charge in [-0.1, -0.05) is 42.5 Å². The third-order valence-corrected chi connectivity index (χ3v) is 4.77. The van der Waals surface area contributed by atoms with Crippen molar-refractivity contribution in [3.8, 4) is 22.8 Å². The zero-order valence-electron chi connectivity index (χ0n) is 17.8. The SMILES string of the molecule is COc1cc(-c2cc(C(=O)N/N=C\c3ccc(F)cc3)[nH]n2)ccc1OCc1ccccc1. The van der Waals surface area contributed by atoms with Crippen LogP contribution < -0.4 is 14.9 Å². The van der Waals surface area contributed by atoms with Gasteiger partial charge in [0.15, 0.2) is 11.5 Å². The standard InChI is InChI=1S/C25H21FN4O3/c1-32-24-13-19(9-12-23(24)33-16-18-5-3-2-4-6-18)21-14-22(29-28-21)25(31)30-27-15-17-7-10-20(26)11-8-17/h2-15H,16H2,1H3,(H,28,29)(H,30,31)/b27-15-. The van der Waals surface area contributed by atoms with Crippen molar-refractivity contribution >= 4 is 12.1 Å². The van der Waals surface area contributed by atoms with Crippen LogP contribution in [0.5, 0.6) is 11.5 Å². The van der Waals surface area contributed by atoms with Crippen LogP contribution in [0.2, 0.25) is 0 Å². The number of H-pyrrole nitrogens is 1. The van der Waals surface area contributed by atoms with Gasteiger partial charge in [0, 0.05) is 5.56 Å². The van der Waals surface area contributed by atoms with Gasteiger partial charge in [0.05, 0.1) is 19.0 Å². The second-order valence-electron chi connectivity index (χ2n) is 7.06. The molecule has 4 aromatic rings. The minimum Gasteiger partial charge on any atom is -0.493 e. The predicted octanol–water partition coefficient (Wildman–Crippen LogP) is 4.57. The van der Waals surface area contributed by atoms with Crippen molar-refractivity contribution in [3.05, 3.63) is 102 Å². The summed E-state index contributed by atoms with van der Waals surface area (Å²) in [7, 11) is 1.57. The number of nitrogens with zero attached hydrogens (tertiary/aromatic N) is 2. The lowest BCUT2D eigenvalue weighted by Crippen LogP contribution is -2.17. The molecule has 0 saturated carbocycles. The molecule has 0 radical (unpaired) electrons. The van der Waals surface area contributed by atoms with Crippen molar-refractivity contribution in [2.45, 2.75) is 6.61 Å². The molecule has 0 spiro atoms. The highest BCUT2D eigenvalue weighted by molar-refractivity contribution is 5.94. The van der Waals surface area contributed by atoms with Crippen molar-refractivity contribution in [2.24, 2.45) is 5.10 Å². The Hall–Kier alpha value is -4.46. The molecule has 0 aliphatic rings. The summed E-state index contributed by atoms with van der Waals surface area (Å²) >= 11 is 0. The number of aromatic nitrogens is 2. The number of hydrogen-bond donors (Lipinski definition) is 2. The van der Waals surface area contributed by atoms with Crippen molar-refractivity contribution in [3.63, 3.8) is 0 Å². The van der Waals surface area contributed by atoms with E-state index in [1.54, 1.807) is 37.4 Å². The normalized spacial score (nSPS) is 10.8. The third-order valence-electron chi connectivity index (χ3n) is 4.77. The second kappa shape index (κ2) is 10.2. The number of halogens is 1. The van der Waals surface area contributed by atoms with Crippen molar-refractivity contribution in [1.29, 1.82) is 0 Å². The molecule has 0 saturated heterocycles. The van der Waals surface area contributed by atoms with Crippen LogP contribution in [0.15, 0.2) is 84.0 Å². The molecule has 0 atom stereocenters. The highest BCUT2D eigenvalue weighted by atomic mass is 19.1. The second-order valence-corrected chi connectivity index (χ2v) is 7.06. The summed E-state index contributed by atoms with van der Waals surface area (Å²) in [4.78, 5) is 12.3. The summed E-state index contributed by atoms with van der Waals surface area (Å²) in [5.41, 5.74) is 5.68. The molecule has 0 fully saturated rings. The number of carbonyl (C=O) groups is 1. The van der Waals surface area contributed by atoms with E-state index in [2.05, 4.69) is 20.7 Å². The van der Waals surface area contributed by atoms with Crippen LogP contribution in [0.1, 0.15) is 21.6 Å². The van der Waals surface area contributed by atoms with E-state index in [0.29, 0.717) is 29.4 Å². The minimum atomic E-state index is -0.457. The van der Waals surface area contributed by atoms with Crippen molar-refractivity contribution in [2.75, 3.05) is 7.11 Å². The summed E-state index contributed by atoms with van der Waals surface area (Å²) in [6.07, 6.45) is 1.42. The molecule has 33 heavy (non-hydrogen) atoms. The molecule has 4 rings (SSSR count). The molecular formula is C25H21FN4O3. The lowest BCUT2D eigenvalue weighted by Gasteiger charge is -2.11. The maximum Gasteiger partial charge on any atom is 0.289 e. The predicted molar refractivity (Wildman–Crippen MR) is 123 cm³/mol. The fourth-order valence-electron chi connectivity index (χ4n) is 3.04. The van der Waals surface area contributed by atoms with Crippen LogP contribution in [0.4, 0.5) is 4.39 Å². The molecule has 2 N–H and O–H groups in total. The summed E-state index contributed by atoms with van der Waals surface area (Å²) in [6, 6.07) is 22.6. The van der Waals surface area contributed by atoms with E-state index in [9.17, 15) is 9.18 Å². The Labute approximate surface area is 189 Å². The monoisotopic (exact) mass is 444 g/mol. The van der Waals surface area contributed by atoms with Crippen LogP contribution in [-0.2, 0) is 6.61 Å². The molecule has 0 unspecified atom stereocenters. The minimum absolute atomic E-state index is 0.240. The van der Waals surface area contributed by atoms with Crippen molar-refractivity contribution < 1.29 is 18.7 Å². The summed E-state index contributed by atoms with van der Waals surface area (Å²) in [5, 5.41) is 10.8. The number of ether oxygens (including phenoxy) is 2. The molecule has 1 amide bonds. The molecule has 7 nitrogen and oxygen atoms in total. The number of benzene rings is 3. The van der Waals surface area contributed by atoms with E-state index in [0.717, 1.165) is 11.1 Å². The van der Waals surface area contributed by atoms with Gasteiger partial charge in [-0.05, 0) is 47.5 Å². The number of methoxy groups -OCH3 is 1. The third kappa shape index (κ3) is 5.62. The van der Waals surface area contributed by atoms with Crippen LogP contribution in [0.3, 0.4) is 0 Å². The molecule has 8 heteroatoms. The lowest BCUT2D eigenvalue weighted by atomic mass is 10.1. The number of hydrogen-bond acceptors (Lipinski definition) is 5. The first-order valence-corrected chi connectivity index (χ1v) is 10.1. The van der Waals surface area contributed by atoms with Gasteiger partial charge in [-0.3, -0.25) is 9.89 Å². The van der Waals surface area contributed by atoms with Gasteiger partial charge < -0.3 is 9.47 Å². The Morgan fingerprint density at radius 2 is 1.85 bits per heavy atom. The Morgan fingerprint density at radius 3 is 2.61 bits per heavy atom. The van der Waals surface area contributed by atoms with Crippen LogP contribution in [-0.4, -0.2) is 29.4 Å². The van der Waals surface area contributed by atoms with Crippen LogP contribution in [0.25, 0.3) is 11.3 Å². The van der Waals surface area contributed by atoms with Gasteiger partial charge in [-0.2, -0.15) is 10.2 Å². The fourth-order valence-corrected chi connectivity index (χ4v) is 3.04. The molecule has 166 valence electrons. The quantitative estimate of drug-likeness (QED) is 0.308. The van der Waals surface area contributed by atoms with E-state index >= 15 is 0 Å². The molecule has 1 aromatic heterocycles. The van der Waals surface area contributed by atoms with Crippen LogP contribution in [0, 0.1) is 5.82 Å². The first-order valence-electron chi connectivity index (χ1n) is 10.1. The van der Waals surface area contributed by atoms with E-state index in [1.165, 1.54) is 18.3 Å². The number of carbonyl (C=O) groups excluding carboxylic acids is 1. The molecule has 0 aliphatic carbocycles. The average molecular weight is 444 g/mol. The number of rotatable bonds is 8. The Kier molecular flexibility index (Phi) is 6.75. The van der Waals surface area contributed by atoms with Gasteiger partial charge in [-0.15, -0.1) is 0 Å². The molecular weight excluding hydrogens is 423 g/mol. The highest BCUT2D eigenvalue weighted by Crippen LogP contribution is 2.32. The Bertz CT molecular complexity index is 1250. The average Bonchev–Trinajstić information content (AvgIpc) is 3.35. The smallest absolute Gasteiger partial charge is 0.289 e. The first kappa shape index (κ1) is 21.8. The van der Waals surface area contributed by atoms with Gasteiger partial charge in [0.1, 0.15) is 18.1 Å². The van der Waals surface area contributed by atoms with E-state index in [-0.39, 0.29) is 11.5 Å². The lowest BCUT2D eigenvalue weighted by molar-refractivity contribution is 0.0950. The molecule has 0 bridgehead atoms. The van der Waals surface area contributed by atoms with Crippen molar-refractivity contribution in [1.82, 2.24) is 15.6 Å². The highest BCUT2D eigenvalue weighted by Gasteiger charge is 2.13. The molecule has 1 heterocycles. The largest absolute Gasteiger partial charge is 0.493 e. The Balaban J connectivity index is 1.41. The molecule has 0 aliphatic heterocycles. The number of nitrogens with one attached hydrogen (secondary N) is 2.